The number of hydrogen-bond acceptors (Lipinski definition) is 7. The van der Waals surface area contributed by atoms with Crippen LogP contribution in [0.4, 0.5) is 4.79 Å². The van der Waals surface area contributed by atoms with Crippen molar-refractivity contribution in [1.29, 1.82) is 0 Å². The highest BCUT2D eigenvalue weighted by molar-refractivity contribution is 5.75. The largest absolute Gasteiger partial charge is 0.339 e. The molecule has 4 rings (SSSR count). The Morgan fingerprint density at radius 3 is 2.74 bits per heavy atom. The van der Waals surface area contributed by atoms with Crippen LogP contribution in [-0.2, 0) is 6.54 Å². The third-order valence-electron chi connectivity index (χ3n) is 4.87. The van der Waals surface area contributed by atoms with E-state index in [-0.39, 0.29) is 17.9 Å². The molecule has 9 heteroatoms. The SMILES string of the molecule is CC(C)c1noc(C2CCN(C(=O)NCc3ccc4nonc4c3)CC2)n1. The van der Waals surface area contributed by atoms with Crippen LogP contribution in [-0.4, -0.2) is 44.5 Å². The molecule has 1 aliphatic rings. The maximum atomic E-state index is 12.4. The standard InChI is InChI=1S/C18H22N6O3/c1-11(2)16-20-17(26-23-16)13-5-7-24(8-6-13)18(25)19-10-12-3-4-14-15(9-12)22-27-21-14/h3-4,9,11,13H,5-8,10H2,1-2H3,(H,19,25). The molecule has 0 radical (unpaired) electrons. The summed E-state index contributed by atoms with van der Waals surface area (Å²) in [5.74, 6) is 1.90. The van der Waals surface area contributed by atoms with Crippen molar-refractivity contribution in [3.63, 3.8) is 0 Å². The molecule has 0 spiro atoms. The molecule has 2 amide bonds. The first-order valence-corrected chi connectivity index (χ1v) is 9.17. The fourth-order valence-electron chi connectivity index (χ4n) is 3.20. The second-order valence-electron chi connectivity index (χ2n) is 7.15. The van der Waals surface area contributed by atoms with Crippen LogP contribution in [0.25, 0.3) is 11.0 Å². The average molecular weight is 370 g/mol. The summed E-state index contributed by atoms with van der Waals surface area (Å²) in [6.45, 7) is 5.85. The summed E-state index contributed by atoms with van der Waals surface area (Å²) in [6.07, 6.45) is 1.65. The van der Waals surface area contributed by atoms with Crippen molar-refractivity contribution in [2.45, 2.75) is 45.1 Å². The van der Waals surface area contributed by atoms with Gasteiger partial charge in [-0.05, 0) is 40.9 Å². The summed E-state index contributed by atoms with van der Waals surface area (Å²) in [4.78, 5) is 18.7. The molecule has 9 nitrogen and oxygen atoms in total. The van der Waals surface area contributed by atoms with E-state index in [1.54, 1.807) is 0 Å². The van der Waals surface area contributed by atoms with Gasteiger partial charge in [-0.2, -0.15) is 4.98 Å². The predicted octanol–water partition coefficient (Wildman–Crippen LogP) is 2.82. The second kappa shape index (κ2) is 7.34. The van der Waals surface area contributed by atoms with Crippen molar-refractivity contribution in [2.75, 3.05) is 13.1 Å². The van der Waals surface area contributed by atoms with Crippen molar-refractivity contribution >= 4 is 17.1 Å². The van der Waals surface area contributed by atoms with Crippen LogP contribution < -0.4 is 5.32 Å². The van der Waals surface area contributed by atoms with E-state index in [1.165, 1.54) is 0 Å². The fraction of sp³-hybridized carbons (Fsp3) is 0.500. The Morgan fingerprint density at radius 1 is 1.22 bits per heavy atom. The van der Waals surface area contributed by atoms with Gasteiger partial charge in [0.05, 0.1) is 0 Å². The van der Waals surface area contributed by atoms with E-state index in [0.29, 0.717) is 36.6 Å². The molecule has 1 saturated heterocycles. The molecule has 0 saturated carbocycles. The summed E-state index contributed by atoms with van der Waals surface area (Å²) in [5, 5.41) is 14.6. The molecule has 0 atom stereocenters. The van der Waals surface area contributed by atoms with Crippen LogP contribution in [0.1, 0.15) is 55.8 Å². The van der Waals surface area contributed by atoms with E-state index in [4.69, 9.17) is 4.52 Å². The van der Waals surface area contributed by atoms with Crippen molar-refractivity contribution in [3.8, 4) is 0 Å². The summed E-state index contributed by atoms with van der Waals surface area (Å²) in [7, 11) is 0. The number of carbonyl (C=O) groups is 1. The van der Waals surface area contributed by atoms with Gasteiger partial charge in [-0.15, -0.1) is 0 Å². The van der Waals surface area contributed by atoms with Gasteiger partial charge in [0.15, 0.2) is 5.82 Å². The highest BCUT2D eigenvalue weighted by Gasteiger charge is 2.27. The van der Waals surface area contributed by atoms with Crippen LogP contribution in [0.15, 0.2) is 27.4 Å². The number of piperidine rings is 1. The minimum Gasteiger partial charge on any atom is -0.339 e. The van der Waals surface area contributed by atoms with Gasteiger partial charge in [-0.25, -0.2) is 9.42 Å². The molecule has 0 unspecified atom stereocenters. The van der Waals surface area contributed by atoms with Crippen LogP contribution >= 0.6 is 0 Å². The molecular weight excluding hydrogens is 348 g/mol. The Kier molecular flexibility index (Phi) is 4.74. The van der Waals surface area contributed by atoms with Gasteiger partial charge in [0, 0.05) is 31.5 Å². The third kappa shape index (κ3) is 3.76. The smallest absolute Gasteiger partial charge is 0.317 e. The zero-order chi connectivity index (χ0) is 18.8. The lowest BCUT2D eigenvalue weighted by Gasteiger charge is -2.30. The minimum atomic E-state index is -0.0692. The Labute approximate surface area is 156 Å². The molecule has 3 heterocycles. The number of carbonyl (C=O) groups excluding carboxylic acids is 1. The van der Waals surface area contributed by atoms with E-state index in [0.717, 1.165) is 24.2 Å². The molecule has 1 aliphatic heterocycles. The summed E-state index contributed by atoms with van der Waals surface area (Å²) < 4.78 is 10.1. The number of benzene rings is 1. The van der Waals surface area contributed by atoms with Gasteiger partial charge in [0.2, 0.25) is 5.89 Å². The Bertz CT molecular complexity index is 926. The number of aromatic nitrogens is 4. The molecule has 142 valence electrons. The van der Waals surface area contributed by atoms with E-state index < -0.39 is 0 Å². The normalized spacial score (nSPS) is 15.6. The maximum Gasteiger partial charge on any atom is 0.317 e. The predicted molar refractivity (Wildman–Crippen MR) is 96.0 cm³/mol. The number of nitrogens with zero attached hydrogens (tertiary/aromatic N) is 5. The Balaban J connectivity index is 1.29. The molecule has 2 aromatic heterocycles. The molecule has 1 aromatic carbocycles. The number of rotatable bonds is 4. The van der Waals surface area contributed by atoms with E-state index in [1.807, 2.05) is 36.9 Å². The molecule has 1 N–H and O–H groups in total. The zero-order valence-corrected chi connectivity index (χ0v) is 15.4. The van der Waals surface area contributed by atoms with E-state index >= 15 is 0 Å². The highest BCUT2D eigenvalue weighted by Crippen LogP contribution is 2.27. The molecule has 3 aromatic rings. The first-order valence-electron chi connectivity index (χ1n) is 9.17. The molecular formula is C18H22N6O3. The fourth-order valence-corrected chi connectivity index (χ4v) is 3.20. The Hall–Kier alpha value is -2.97. The third-order valence-corrected chi connectivity index (χ3v) is 4.87. The first kappa shape index (κ1) is 17.4. The van der Waals surface area contributed by atoms with Gasteiger partial charge in [0.1, 0.15) is 11.0 Å². The molecule has 1 fully saturated rings. The van der Waals surface area contributed by atoms with Gasteiger partial charge in [-0.3, -0.25) is 0 Å². The quantitative estimate of drug-likeness (QED) is 0.752. The lowest BCUT2D eigenvalue weighted by molar-refractivity contribution is 0.175. The summed E-state index contributed by atoms with van der Waals surface area (Å²) in [6, 6.07) is 5.52. The summed E-state index contributed by atoms with van der Waals surface area (Å²) in [5.41, 5.74) is 2.34. The second-order valence-corrected chi connectivity index (χ2v) is 7.15. The van der Waals surface area contributed by atoms with Gasteiger partial charge in [0.25, 0.3) is 0 Å². The Morgan fingerprint density at radius 2 is 2.00 bits per heavy atom. The van der Waals surface area contributed by atoms with E-state index in [2.05, 4.69) is 30.4 Å². The number of likely N-dealkylation sites (tertiary alicyclic amines) is 1. The van der Waals surface area contributed by atoms with Gasteiger partial charge < -0.3 is 14.7 Å². The number of amides is 2. The zero-order valence-electron chi connectivity index (χ0n) is 15.4. The average Bonchev–Trinajstić information content (AvgIpc) is 3.35. The minimum absolute atomic E-state index is 0.0692. The topological polar surface area (TPSA) is 110 Å². The first-order chi connectivity index (χ1) is 13.1. The van der Waals surface area contributed by atoms with Crippen molar-refractivity contribution in [3.05, 3.63) is 35.5 Å². The monoisotopic (exact) mass is 370 g/mol. The number of hydrogen-bond donors (Lipinski definition) is 1. The van der Waals surface area contributed by atoms with Crippen molar-refractivity contribution < 1.29 is 13.9 Å². The van der Waals surface area contributed by atoms with Crippen molar-refractivity contribution in [2.24, 2.45) is 0 Å². The van der Waals surface area contributed by atoms with Crippen LogP contribution in [0.2, 0.25) is 0 Å². The maximum absolute atomic E-state index is 12.4. The molecule has 0 bridgehead atoms. The number of nitrogens with one attached hydrogen (secondary N) is 1. The van der Waals surface area contributed by atoms with Gasteiger partial charge in [-0.1, -0.05) is 25.1 Å². The number of urea groups is 1. The molecule has 0 aliphatic carbocycles. The number of fused-ring (bicyclic) bond motifs is 1. The van der Waals surface area contributed by atoms with E-state index in [9.17, 15) is 4.79 Å². The lowest BCUT2D eigenvalue weighted by atomic mass is 9.97. The molecule has 27 heavy (non-hydrogen) atoms. The van der Waals surface area contributed by atoms with Crippen molar-refractivity contribution in [1.82, 2.24) is 30.7 Å². The lowest BCUT2D eigenvalue weighted by Crippen LogP contribution is -2.43. The van der Waals surface area contributed by atoms with Gasteiger partial charge >= 0.3 is 6.03 Å². The van der Waals surface area contributed by atoms with Crippen LogP contribution in [0.5, 0.6) is 0 Å². The van der Waals surface area contributed by atoms with Crippen LogP contribution in [0.3, 0.4) is 0 Å². The van der Waals surface area contributed by atoms with Crippen LogP contribution in [0, 0.1) is 0 Å². The highest BCUT2D eigenvalue weighted by atomic mass is 16.6. The summed E-state index contributed by atoms with van der Waals surface area (Å²) >= 11 is 0.